The van der Waals surface area contributed by atoms with Gasteiger partial charge in [-0.25, -0.2) is 0 Å². The van der Waals surface area contributed by atoms with Crippen molar-refractivity contribution in [1.82, 2.24) is 10.2 Å². The van der Waals surface area contributed by atoms with E-state index in [2.05, 4.69) is 10.2 Å². The molecule has 2 aliphatic rings. The van der Waals surface area contributed by atoms with Gasteiger partial charge in [0.15, 0.2) is 0 Å². The van der Waals surface area contributed by atoms with Gasteiger partial charge in [0.05, 0.1) is 12.2 Å². The van der Waals surface area contributed by atoms with Gasteiger partial charge in [0.25, 0.3) is 0 Å². The average Bonchev–Trinajstić information content (AvgIpc) is 2.83. The normalized spacial score (nSPS) is 28.4. The zero-order valence-corrected chi connectivity index (χ0v) is 11.3. The minimum Gasteiger partial charge on any atom is -0.391 e. The first-order valence-electron chi connectivity index (χ1n) is 6.65. The molecule has 0 radical (unpaired) electrons. The number of ether oxygens (including phenoxy) is 1. The highest BCUT2D eigenvalue weighted by Crippen LogP contribution is 2.17. The summed E-state index contributed by atoms with van der Waals surface area (Å²) in [6.07, 6.45) is 2.64. The molecule has 0 amide bonds. The van der Waals surface area contributed by atoms with E-state index in [4.69, 9.17) is 4.74 Å². The van der Waals surface area contributed by atoms with Crippen LogP contribution in [0.25, 0.3) is 0 Å². The van der Waals surface area contributed by atoms with Crippen LogP contribution >= 0.6 is 11.8 Å². The Labute approximate surface area is 108 Å². The fourth-order valence-electron chi connectivity index (χ4n) is 2.36. The number of rotatable bonds is 6. The SMILES string of the molecule is OC(CSCC1CCCO1)CN1CCNCC1. The second kappa shape index (κ2) is 7.59. The summed E-state index contributed by atoms with van der Waals surface area (Å²) in [5.74, 6) is 1.88. The first-order valence-corrected chi connectivity index (χ1v) is 7.80. The molecule has 2 N–H and O–H groups in total. The van der Waals surface area contributed by atoms with Gasteiger partial charge in [-0.15, -0.1) is 0 Å². The molecule has 2 atom stereocenters. The van der Waals surface area contributed by atoms with Crippen LogP contribution < -0.4 is 5.32 Å². The molecule has 2 rings (SSSR count). The lowest BCUT2D eigenvalue weighted by Crippen LogP contribution is -2.46. The molecule has 2 heterocycles. The van der Waals surface area contributed by atoms with E-state index in [1.807, 2.05) is 11.8 Å². The lowest BCUT2D eigenvalue weighted by atomic mass is 10.3. The molecule has 100 valence electrons. The lowest BCUT2D eigenvalue weighted by Gasteiger charge is -2.29. The van der Waals surface area contributed by atoms with Gasteiger partial charge in [-0.1, -0.05) is 0 Å². The quantitative estimate of drug-likeness (QED) is 0.712. The molecule has 0 aliphatic carbocycles. The number of aliphatic hydroxyl groups excluding tert-OH is 1. The Hall–Kier alpha value is 0.190. The highest BCUT2D eigenvalue weighted by Gasteiger charge is 2.17. The van der Waals surface area contributed by atoms with E-state index < -0.39 is 0 Å². The summed E-state index contributed by atoms with van der Waals surface area (Å²) in [7, 11) is 0. The molecule has 2 unspecified atom stereocenters. The molecule has 2 fully saturated rings. The number of hydrogen-bond donors (Lipinski definition) is 2. The maximum atomic E-state index is 9.95. The Morgan fingerprint density at radius 2 is 2.24 bits per heavy atom. The smallest absolute Gasteiger partial charge is 0.0757 e. The first kappa shape index (κ1) is 13.6. The minimum atomic E-state index is -0.195. The zero-order valence-electron chi connectivity index (χ0n) is 10.4. The summed E-state index contributed by atoms with van der Waals surface area (Å²) in [4.78, 5) is 2.34. The largest absolute Gasteiger partial charge is 0.391 e. The average molecular weight is 260 g/mol. The van der Waals surface area contributed by atoms with Crippen molar-refractivity contribution in [2.45, 2.75) is 25.0 Å². The highest BCUT2D eigenvalue weighted by molar-refractivity contribution is 7.99. The fraction of sp³-hybridized carbons (Fsp3) is 1.00. The van der Waals surface area contributed by atoms with E-state index in [0.29, 0.717) is 6.10 Å². The lowest BCUT2D eigenvalue weighted by molar-refractivity contribution is 0.120. The summed E-state index contributed by atoms with van der Waals surface area (Å²) in [5.41, 5.74) is 0. The number of piperazine rings is 1. The number of thioether (sulfide) groups is 1. The van der Waals surface area contributed by atoms with Crippen molar-refractivity contribution >= 4 is 11.8 Å². The third-order valence-electron chi connectivity index (χ3n) is 3.32. The van der Waals surface area contributed by atoms with Gasteiger partial charge in [-0.2, -0.15) is 11.8 Å². The molecule has 0 saturated carbocycles. The standard InChI is InChI=1S/C12H24N2O2S/c15-11(8-14-5-3-13-4-6-14)9-17-10-12-2-1-7-16-12/h11-13,15H,1-10H2. The molecule has 2 aliphatic heterocycles. The van der Waals surface area contributed by atoms with Gasteiger partial charge in [0, 0.05) is 50.8 Å². The van der Waals surface area contributed by atoms with Crippen molar-refractivity contribution in [3.63, 3.8) is 0 Å². The second-order valence-corrected chi connectivity index (χ2v) is 5.95. The molecule has 2 saturated heterocycles. The Balaban J connectivity index is 1.52. The summed E-state index contributed by atoms with van der Waals surface area (Å²) in [5, 5.41) is 13.3. The van der Waals surface area contributed by atoms with Gasteiger partial charge in [-0.05, 0) is 12.8 Å². The van der Waals surface area contributed by atoms with E-state index in [1.165, 1.54) is 12.8 Å². The van der Waals surface area contributed by atoms with Crippen LogP contribution in [-0.2, 0) is 4.74 Å². The van der Waals surface area contributed by atoms with E-state index in [0.717, 1.165) is 50.8 Å². The number of β-amino-alcohol motifs (C(OH)–C–C–N with tert-alkyl or cyclic N) is 1. The summed E-state index contributed by atoms with van der Waals surface area (Å²) in [6, 6.07) is 0. The second-order valence-electron chi connectivity index (χ2n) is 4.88. The number of nitrogens with one attached hydrogen (secondary N) is 1. The third kappa shape index (κ3) is 5.14. The van der Waals surface area contributed by atoms with Crippen molar-refractivity contribution in [3.05, 3.63) is 0 Å². The molecule has 4 nitrogen and oxygen atoms in total. The zero-order chi connectivity index (χ0) is 11.9. The Bertz CT molecular complexity index is 207. The van der Waals surface area contributed by atoms with Crippen LogP contribution in [0.2, 0.25) is 0 Å². The van der Waals surface area contributed by atoms with E-state index in [-0.39, 0.29) is 6.10 Å². The summed E-state index contributed by atoms with van der Waals surface area (Å²) < 4.78 is 5.56. The predicted octanol–water partition coefficient (Wildman–Crippen LogP) is 0.165. The summed E-state index contributed by atoms with van der Waals surface area (Å²) >= 11 is 1.83. The van der Waals surface area contributed by atoms with E-state index in [1.54, 1.807) is 0 Å². The van der Waals surface area contributed by atoms with E-state index >= 15 is 0 Å². The molecule has 17 heavy (non-hydrogen) atoms. The fourth-order valence-corrected chi connectivity index (χ4v) is 3.40. The van der Waals surface area contributed by atoms with Gasteiger partial charge >= 0.3 is 0 Å². The minimum absolute atomic E-state index is 0.195. The van der Waals surface area contributed by atoms with Crippen molar-refractivity contribution in [1.29, 1.82) is 0 Å². The van der Waals surface area contributed by atoms with Gasteiger partial charge in [-0.3, -0.25) is 4.90 Å². The van der Waals surface area contributed by atoms with Crippen LogP contribution in [0.1, 0.15) is 12.8 Å². The van der Waals surface area contributed by atoms with Crippen LogP contribution in [-0.4, -0.2) is 73.1 Å². The molecular weight excluding hydrogens is 236 g/mol. The first-order chi connectivity index (χ1) is 8.34. The Kier molecular flexibility index (Phi) is 6.08. The Morgan fingerprint density at radius 1 is 1.41 bits per heavy atom. The predicted molar refractivity (Wildman–Crippen MR) is 71.6 cm³/mol. The van der Waals surface area contributed by atoms with Crippen molar-refractivity contribution < 1.29 is 9.84 Å². The van der Waals surface area contributed by atoms with Gasteiger partial charge in [0.2, 0.25) is 0 Å². The van der Waals surface area contributed by atoms with Crippen molar-refractivity contribution in [2.24, 2.45) is 0 Å². The van der Waals surface area contributed by atoms with Crippen LogP contribution in [0.4, 0.5) is 0 Å². The van der Waals surface area contributed by atoms with Crippen molar-refractivity contribution in [2.75, 3.05) is 50.8 Å². The van der Waals surface area contributed by atoms with Gasteiger partial charge < -0.3 is 15.2 Å². The topological polar surface area (TPSA) is 44.7 Å². The van der Waals surface area contributed by atoms with Crippen LogP contribution in [0.5, 0.6) is 0 Å². The van der Waals surface area contributed by atoms with Gasteiger partial charge in [0.1, 0.15) is 0 Å². The molecule has 0 aromatic carbocycles. The van der Waals surface area contributed by atoms with Crippen molar-refractivity contribution in [3.8, 4) is 0 Å². The van der Waals surface area contributed by atoms with E-state index in [9.17, 15) is 5.11 Å². The molecule has 0 aromatic rings. The summed E-state index contributed by atoms with van der Waals surface area (Å²) in [6.45, 7) is 5.97. The number of nitrogens with zero attached hydrogens (tertiary/aromatic N) is 1. The monoisotopic (exact) mass is 260 g/mol. The highest BCUT2D eigenvalue weighted by atomic mass is 32.2. The number of hydrogen-bond acceptors (Lipinski definition) is 5. The van der Waals surface area contributed by atoms with Crippen LogP contribution in [0, 0.1) is 0 Å². The molecule has 5 heteroatoms. The maximum absolute atomic E-state index is 9.95. The Morgan fingerprint density at radius 3 is 2.94 bits per heavy atom. The molecular formula is C12H24N2O2S. The van der Waals surface area contributed by atoms with Crippen LogP contribution in [0.15, 0.2) is 0 Å². The maximum Gasteiger partial charge on any atom is 0.0757 e. The van der Waals surface area contributed by atoms with Crippen LogP contribution in [0.3, 0.4) is 0 Å². The third-order valence-corrected chi connectivity index (χ3v) is 4.54. The number of aliphatic hydroxyl groups is 1. The molecule has 0 spiro atoms. The molecule has 0 aromatic heterocycles. The molecule has 0 bridgehead atoms.